The zero-order chi connectivity index (χ0) is 29.3. The summed E-state index contributed by atoms with van der Waals surface area (Å²) < 4.78 is 31.8. The van der Waals surface area contributed by atoms with Crippen LogP contribution in [0.5, 0.6) is 23.3 Å². The molecule has 0 N–H and O–H groups in total. The molecule has 12 heteroatoms. The summed E-state index contributed by atoms with van der Waals surface area (Å²) in [5, 5.41) is 1.70. The molecule has 0 radical (unpaired) electrons. The van der Waals surface area contributed by atoms with Crippen LogP contribution in [0.3, 0.4) is 0 Å². The van der Waals surface area contributed by atoms with Gasteiger partial charge in [0.2, 0.25) is 11.2 Å². The molecule has 0 amide bonds. The summed E-state index contributed by atoms with van der Waals surface area (Å²) in [6.45, 7) is 8.80. The SMILES string of the molecule is COc1nc2ccc3cc2cc1OCCOc1cncc(c1)COc1nc(Cl)nc2c1c-3cn2COCC[Si](C)(C)C. The van der Waals surface area contributed by atoms with E-state index in [1.807, 2.05) is 35.0 Å². The molecule has 218 valence electrons. The normalized spacial score (nSPS) is 13.5. The number of rotatable bonds is 6. The topological polar surface area (TPSA) is 103 Å². The van der Waals surface area contributed by atoms with Gasteiger partial charge in [-0.25, -0.2) is 4.98 Å². The van der Waals surface area contributed by atoms with E-state index in [1.165, 1.54) is 0 Å². The maximum atomic E-state index is 6.43. The van der Waals surface area contributed by atoms with Crippen LogP contribution in [0, 0.1) is 0 Å². The fraction of sp³-hybridized carbons (Fsp3) is 0.333. The first-order valence-corrected chi connectivity index (χ1v) is 17.8. The quantitative estimate of drug-likeness (QED) is 0.124. The molecule has 4 aromatic heterocycles. The predicted molar refractivity (Wildman–Crippen MR) is 163 cm³/mol. The third kappa shape index (κ3) is 6.13. The van der Waals surface area contributed by atoms with E-state index < -0.39 is 8.07 Å². The number of hydrogen-bond donors (Lipinski definition) is 0. The summed E-state index contributed by atoms with van der Waals surface area (Å²) in [5.41, 5.74) is 4.02. The first-order valence-electron chi connectivity index (χ1n) is 13.7. The van der Waals surface area contributed by atoms with Crippen molar-refractivity contribution < 1.29 is 23.7 Å². The molecular formula is C30H32ClN5O5Si. The second-order valence-corrected chi connectivity index (χ2v) is 17.2. The van der Waals surface area contributed by atoms with Crippen LogP contribution in [0.2, 0.25) is 31.0 Å². The van der Waals surface area contributed by atoms with Gasteiger partial charge in [-0.3, -0.25) is 4.98 Å². The molecule has 0 atom stereocenters. The summed E-state index contributed by atoms with van der Waals surface area (Å²) in [4.78, 5) is 18.1. The van der Waals surface area contributed by atoms with Gasteiger partial charge in [0, 0.05) is 43.6 Å². The molecule has 1 aliphatic heterocycles. The van der Waals surface area contributed by atoms with Gasteiger partial charge in [0.05, 0.1) is 24.2 Å². The van der Waals surface area contributed by atoms with Crippen LogP contribution in [0.1, 0.15) is 5.56 Å². The maximum Gasteiger partial charge on any atom is 0.257 e. The van der Waals surface area contributed by atoms with Crippen molar-refractivity contribution in [1.29, 1.82) is 0 Å². The molecule has 1 aliphatic rings. The largest absolute Gasteiger partial charge is 0.488 e. The molecule has 42 heavy (non-hydrogen) atoms. The lowest BCUT2D eigenvalue weighted by Crippen LogP contribution is -2.22. The average molecular weight is 606 g/mol. The Bertz CT molecular complexity index is 1760. The number of fused-ring (bicyclic) bond motifs is 5. The number of benzene rings is 1. The standard InChI is InChI=1S/C30H32ClN5O5Si/c1-37-28-25-13-21-12-20(5-6-24(21)33-28)23-16-36(18-38-9-10-42(2,3)4)27-26(23)29(35-30(31)34-27)41-17-19-11-22(15-32-14-19)39-7-8-40-25/h5-6,11-16H,7-10,17-18H2,1-4H3. The van der Waals surface area contributed by atoms with E-state index in [4.69, 9.17) is 35.3 Å². The number of ether oxygens (including phenoxy) is 5. The monoisotopic (exact) mass is 605 g/mol. The van der Waals surface area contributed by atoms with Crippen LogP contribution in [0.4, 0.5) is 0 Å². The van der Waals surface area contributed by atoms with Crippen LogP contribution < -0.4 is 18.9 Å². The second-order valence-electron chi connectivity index (χ2n) is 11.3. The third-order valence-electron chi connectivity index (χ3n) is 6.89. The Morgan fingerprint density at radius 1 is 1.00 bits per heavy atom. The van der Waals surface area contributed by atoms with Crippen LogP contribution in [-0.2, 0) is 18.1 Å². The molecule has 5 bridgehead atoms. The molecule has 0 saturated carbocycles. The smallest absolute Gasteiger partial charge is 0.257 e. The number of nitrogens with zero attached hydrogens (tertiary/aromatic N) is 5. The Kier molecular flexibility index (Phi) is 7.89. The molecule has 0 spiro atoms. The lowest BCUT2D eigenvalue weighted by molar-refractivity contribution is 0.0899. The number of hydrogen-bond acceptors (Lipinski definition) is 9. The van der Waals surface area contributed by atoms with E-state index in [-0.39, 0.29) is 11.9 Å². The van der Waals surface area contributed by atoms with Crippen LogP contribution in [-0.4, -0.2) is 59.5 Å². The Morgan fingerprint density at radius 2 is 1.86 bits per heavy atom. The van der Waals surface area contributed by atoms with Crippen LogP contribution >= 0.6 is 11.6 Å². The highest BCUT2D eigenvalue weighted by Crippen LogP contribution is 2.39. The molecule has 0 aliphatic carbocycles. The zero-order valence-electron chi connectivity index (χ0n) is 24.0. The van der Waals surface area contributed by atoms with Crippen molar-refractivity contribution in [3.8, 4) is 34.4 Å². The molecule has 5 aromatic rings. The van der Waals surface area contributed by atoms with Crippen LogP contribution in [0.15, 0.2) is 48.9 Å². The lowest BCUT2D eigenvalue weighted by atomic mass is 10.0. The average Bonchev–Trinajstić information content (AvgIpc) is 3.33. The van der Waals surface area contributed by atoms with Crippen molar-refractivity contribution in [3.05, 3.63) is 59.8 Å². The molecule has 0 fully saturated rings. The van der Waals surface area contributed by atoms with E-state index >= 15 is 0 Å². The van der Waals surface area contributed by atoms with Crippen molar-refractivity contribution in [3.63, 3.8) is 0 Å². The third-order valence-corrected chi connectivity index (χ3v) is 8.76. The summed E-state index contributed by atoms with van der Waals surface area (Å²) in [6.07, 6.45) is 5.39. The number of halogens is 1. The molecule has 0 unspecified atom stereocenters. The Labute approximate surface area is 249 Å². The summed E-state index contributed by atoms with van der Waals surface area (Å²) in [7, 11) is 0.334. The van der Waals surface area contributed by atoms with Gasteiger partial charge in [0.15, 0.2) is 11.4 Å². The minimum Gasteiger partial charge on any atom is -0.488 e. The van der Waals surface area contributed by atoms with Gasteiger partial charge >= 0.3 is 0 Å². The highest BCUT2D eigenvalue weighted by molar-refractivity contribution is 6.76. The Balaban J connectivity index is 1.49. The summed E-state index contributed by atoms with van der Waals surface area (Å²) in [6, 6.07) is 10.9. The van der Waals surface area contributed by atoms with Gasteiger partial charge < -0.3 is 28.3 Å². The summed E-state index contributed by atoms with van der Waals surface area (Å²) in [5.74, 6) is 1.90. The van der Waals surface area contributed by atoms with Gasteiger partial charge in [-0.1, -0.05) is 25.7 Å². The van der Waals surface area contributed by atoms with Crippen molar-refractivity contribution >= 4 is 41.6 Å². The minimum absolute atomic E-state index is 0.0863. The molecule has 5 heterocycles. The second kappa shape index (κ2) is 11.7. The van der Waals surface area contributed by atoms with Gasteiger partial charge in [-0.2, -0.15) is 9.97 Å². The minimum atomic E-state index is -1.24. The molecule has 0 saturated heterocycles. The van der Waals surface area contributed by atoms with Crippen molar-refractivity contribution in [2.75, 3.05) is 26.9 Å². The highest BCUT2D eigenvalue weighted by atomic mass is 35.5. The molecule has 10 nitrogen and oxygen atoms in total. The van der Waals surface area contributed by atoms with E-state index in [1.54, 1.807) is 19.5 Å². The van der Waals surface area contributed by atoms with Gasteiger partial charge in [0.25, 0.3) is 5.88 Å². The van der Waals surface area contributed by atoms with Crippen molar-refractivity contribution in [1.82, 2.24) is 24.5 Å². The van der Waals surface area contributed by atoms with Gasteiger partial charge in [0.1, 0.15) is 32.3 Å². The van der Waals surface area contributed by atoms with Crippen molar-refractivity contribution in [2.45, 2.75) is 39.0 Å². The van der Waals surface area contributed by atoms with Crippen molar-refractivity contribution in [2.24, 2.45) is 0 Å². The first-order chi connectivity index (χ1) is 20.3. The predicted octanol–water partition coefficient (Wildman–Crippen LogP) is 6.37. The summed E-state index contributed by atoms with van der Waals surface area (Å²) >= 11 is 6.43. The van der Waals surface area contributed by atoms with E-state index in [2.05, 4.69) is 45.6 Å². The van der Waals surface area contributed by atoms with E-state index in [9.17, 15) is 0 Å². The fourth-order valence-corrected chi connectivity index (χ4v) is 5.65. The Hall–Kier alpha value is -3.93. The number of pyridine rings is 2. The van der Waals surface area contributed by atoms with E-state index in [0.29, 0.717) is 55.5 Å². The molecule has 1 aromatic carbocycles. The lowest BCUT2D eigenvalue weighted by Gasteiger charge is -2.15. The Morgan fingerprint density at radius 3 is 2.69 bits per heavy atom. The van der Waals surface area contributed by atoms with Crippen LogP contribution in [0.25, 0.3) is 33.1 Å². The number of aromatic nitrogens is 5. The zero-order valence-corrected chi connectivity index (χ0v) is 25.8. The maximum absolute atomic E-state index is 6.43. The van der Waals surface area contributed by atoms with E-state index in [0.717, 1.165) is 39.0 Å². The number of methoxy groups -OCH3 is 1. The molecule has 6 rings (SSSR count). The fourth-order valence-electron chi connectivity index (χ4n) is 4.73. The first kappa shape index (κ1) is 28.2. The van der Waals surface area contributed by atoms with Gasteiger partial charge in [-0.15, -0.1) is 0 Å². The van der Waals surface area contributed by atoms with Gasteiger partial charge in [-0.05, 0) is 47.5 Å². The molecular weight excluding hydrogens is 574 g/mol. The highest BCUT2D eigenvalue weighted by Gasteiger charge is 2.21.